The molecular weight excluding hydrogens is 174 g/mol. The van der Waals surface area contributed by atoms with E-state index in [-0.39, 0.29) is 13.4 Å². The van der Waals surface area contributed by atoms with Gasteiger partial charge < -0.3 is 5.32 Å². The van der Waals surface area contributed by atoms with Crippen molar-refractivity contribution in [2.45, 2.75) is 65.8 Å². The lowest BCUT2D eigenvalue weighted by Crippen LogP contribution is -2.29. The molecule has 86 valence electrons. The molecule has 2 heteroatoms. The van der Waals surface area contributed by atoms with Crippen molar-refractivity contribution in [1.29, 1.82) is 0 Å². The van der Waals surface area contributed by atoms with Crippen LogP contribution in [-0.2, 0) is 4.79 Å². The summed E-state index contributed by atoms with van der Waals surface area (Å²) >= 11 is 0. The molecule has 0 aliphatic carbocycles. The van der Waals surface area contributed by atoms with Crippen LogP contribution in [-0.4, -0.2) is 11.9 Å². The fourth-order valence-corrected chi connectivity index (χ4v) is 1.41. The zero-order valence-corrected chi connectivity index (χ0v) is 10.1. The smallest absolute Gasteiger partial charge is 0.220 e. The van der Waals surface area contributed by atoms with Gasteiger partial charge in [-0.2, -0.15) is 0 Å². The molecule has 1 N–H and O–H groups in total. The second-order valence-electron chi connectivity index (χ2n) is 4.72. The number of amides is 1. The summed E-state index contributed by atoms with van der Waals surface area (Å²) in [5.41, 5.74) is 0. The van der Waals surface area contributed by atoms with E-state index in [9.17, 15) is 4.79 Å². The molecule has 0 radical (unpaired) electrons. The zero-order valence-electron chi connectivity index (χ0n) is 10.1. The van der Waals surface area contributed by atoms with Crippen molar-refractivity contribution >= 4 is 5.91 Å². The fourth-order valence-electron chi connectivity index (χ4n) is 1.41. The second-order valence-corrected chi connectivity index (χ2v) is 4.72. The average Bonchev–Trinajstić information content (AvgIpc) is 2.01. The number of carbonyl (C=O) groups is 1. The Morgan fingerprint density at radius 2 is 1.79 bits per heavy atom. The summed E-state index contributed by atoms with van der Waals surface area (Å²) in [4.78, 5) is 11.2. The Labute approximate surface area is 89.9 Å². The minimum absolute atomic E-state index is 0. The van der Waals surface area contributed by atoms with Crippen LogP contribution in [0.25, 0.3) is 0 Å². The molecule has 0 aliphatic rings. The van der Waals surface area contributed by atoms with E-state index in [1.807, 2.05) is 13.8 Å². The Morgan fingerprint density at radius 3 is 2.29 bits per heavy atom. The molecule has 2 nitrogen and oxygen atoms in total. The van der Waals surface area contributed by atoms with Crippen LogP contribution in [0.2, 0.25) is 0 Å². The highest BCUT2D eigenvalue weighted by atomic mass is 16.1. The van der Waals surface area contributed by atoms with Crippen molar-refractivity contribution in [3.63, 3.8) is 0 Å². The van der Waals surface area contributed by atoms with Crippen LogP contribution in [0, 0.1) is 5.92 Å². The van der Waals surface area contributed by atoms with Gasteiger partial charge in [0.25, 0.3) is 0 Å². The van der Waals surface area contributed by atoms with Crippen molar-refractivity contribution in [3.8, 4) is 0 Å². The third kappa shape index (κ3) is 9.56. The Hall–Kier alpha value is -0.530. The van der Waals surface area contributed by atoms with E-state index in [1.165, 1.54) is 19.3 Å². The molecule has 0 aliphatic heterocycles. The third-order valence-corrected chi connectivity index (χ3v) is 2.13. The molecule has 0 spiro atoms. The molecule has 0 unspecified atom stereocenters. The summed E-state index contributed by atoms with van der Waals surface area (Å²) in [6, 6.07) is 0.276. The van der Waals surface area contributed by atoms with Gasteiger partial charge in [0.1, 0.15) is 0 Å². The largest absolute Gasteiger partial charge is 0.354 e. The predicted octanol–water partition coefficient (Wildman–Crippen LogP) is 3.36. The van der Waals surface area contributed by atoms with Gasteiger partial charge in [-0.3, -0.25) is 4.79 Å². The molecule has 0 saturated carbocycles. The van der Waals surface area contributed by atoms with Crippen LogP contribution < -0.4 is 5.32 Å². The molecule has 0 aromatic heterocycles. The lowest BCUT2D eigenvalue weighted by Gasteiger charge is -2.08. The van der Waals surface area contributed by atoms with Crippen LogP contribution >= 0.6 is 0 Å². The molecule has 0 aromatic carbocycles. The summed E-state index contributed by atoms with van der Waals surface area (Å²) in [5.74, 6) is 0.990. The molecule has 14 heavy (non-hydrogen) atoms. The number of nitrogens with one attached hydrogen (secondary N) is 1. The Balaban J connectivity index is 0. The van der Waals surface area contributed by atoms with Gasteiger partial charge in [-0.25, -0.2) is 0 Å². The van der Waals surface area contributed by atoms with Gasteiger partial charge in [-0.15, -0.1) is 0 Å². The average molecular weight is 201 g/mol. The van der Waals surface area contributed by atoms with Gasteiger partial charge in [0.05, 0.1) is 0 Å². The molecule has 0 atom stereocenters. The molecule has 0 heterocycles. The van der Waals surface area contributed by atoms with Crippen LogP contribution in [0.1, 0.15) is 61.2 Å². The van der Waals surface area contributed by atoms with Crippen LogP contribution in [0.5, 0.6) is 0 Å². The number of hydrogen-bond acceptors (Lipinski definition) is 1. The van der Waals surface area contributed by atoms with E-state index in [0.717, 1.165) is 12.3 Å². The quantitative estimate of drug-likeness (QED) is 0.629. The standard InChI is InChI=1S/C12H25NO.H2/c1-10(2)8-6-5-7-9-12(14)13-11(3)4;/h10-11H,5-9H2,1-4H3,(H,13,14);1H. The summed E-state index contributed by atoms with van der Waals surface area (Å²) < 4.78 is 0. The third-order valence-electron chi connectivity index (χ3n) is 2.13. The van der Waals surface area contributed by atoms with Crippen molar-refractivity contribution in [1.82, 2.24) is 5.32 Å². The van der Waals surface area contributed by atoms with Gasteiger partial charge >= 0.3 is 0 Å². The van der Waals surface area contributed by atoms with E-state index in [2.05, 4.69) is 19.2 Å². The maximum absolute atomic E-state index is 11.2. The Morgan fingerprint density at radius 1 is 1.14 bits per heavy atom. The molecule has 0 saturated heterocycles. The van der Waals surface area contributed by atoms with Crippen molar-refractivity contribution < 1.29 is 6.22 Å². The number of carbonyl (C=O) groups excluding carboxylic acids is 1. The van der Waals surface area contributed by atoms with Gasteiger partial charge in [-0.1, -0.05) is 33.1 Å². The van der Waals surface area contributed by atoms with E-state index < -0.39 is 0 Å². The molecule has 0 aromatic rings. The number of hydrogen-bond donors (Lipinski definition) is 1. The lowest BCUT2D eigenvalue weighted by molar-refractivity contribution is -0.121. The Kier molecular flexibility index (Phi) is 7.54. The zero-order chi connectivity index (χ0) is 11.0. The van der Waals surface area contributed by atoms with E-state index in [4.69, 9.17) is 0 Å². The van der Waals surface area contributed by atoms with Crippen LogP contribution in [0.3, 0.4) is 0 Å². The molecule has 0 bridgehead atoms. The van der Waals surface area contributed by atoms with Gasteiger partial charge in [0.15, 0.2) is 0 Å². The number of rotatable bonds is 7. The first-order chi connectivity index (χ1) is 6.52. The van der Waals surface area contributed by atoms with Gasteiger partial charge in [0.2, 0.25) is 5.91 Å². The monoisotopic (exact) mass is 201 g/mol. The molecule has 0 rings (SSSR count). The fraction of sp³-hybridized carbons (Fsp3) is 0.917. The summed E-state index contributed by atoms with van der Waals surface area (Å²) in [6.07, 6.45) is 5.45. The first kappa shape index (κ1) is 13.5. The van der Waals surface area contributed by atoms with Crippen LogP contribution in [0.15, 0.2) is 0 Å². The van der Waals surface area contributed by atoms with Crippen molar-refractivity contribution in [2.75, 3.05) is 0 Å². The van der Waals surface area contributed by atoms with Crippen molar-refractivity contribution in [2.24, 2.45) is 5.92 Å². The Bertz CT molecular complexity index is 158. The maximum Gasteiger partial charge on any atom is 0.220 e. The topological polar surface area (TPSA) is 29.1 Å². The minimum Gasteiger partial charge on any atom is -0.354 e. The second kappa shape index (κ2) is 7.84. The van der Waals surface area contributed by atoms with E-state index >= 15 is 0 Å². The van der Waals surface area contributed by atoms with Gasteiger partial charge in [0, 0.05) is 13.9 Å². The molecule has 1 amide bonds. The van der Waals surface area contributed by atoms with Gasteiger partial charge in [-0.05, 0) is 26.2 Å². The van der Waals surface area contributed by atoms with E-state index in [0.29, 0.717) is 6.42 Å². The summed E-state index contributed by atoms with van der Waals surface area (Å²) in [6.45, 7) is 8.48. The number of unbranched alkanes of at least 4 members (excludes halogenated alkanes) is 2. The summed E-state index contributed by atoms with van der Waals surface area (Å²) in [7, 11) is 0. The molecular formula is C12H27NO. The van der Waals surface area contributed by atoms with Crippen LogP contribution in [0.4, 0.5) is 0 Å². The van der Waals surface area contributed by atoms with Crippen molar-refractivity contribution in [3.05, 3.63) is 0 Å². The lowest BCUT2D eigenvalue weighted by atomic mass is 10.0. The highest BCUT2D eigenvalue weighted by Crippen LogP contribution is 2.09. The summed E-state index contributed by atoms with van der Waals surface area (Å²) in [5, 5.41) is 2.90. The maximum atomic E-state index is 11.2. The first-order valence-electron chi connectivity index (χ1n) is 5.81. The molecule has 0 fully saturated rings. The highest BCUT2D eigenvalue weighted by molar-refractivity contribution is 5.76. The minimum atomic E-state index is 0. The highest BCUT2D eigenvalue weighted by Gasteiger charge is 2.02. The van der Waals surface area contributed by atoms with E-state index in [1.54, 1.807) is 0 Å². The normalized spacial score (nSPS) is 11.0. The SMILES string of the molecule is CC(C)CCCCCC(=O)NC(C)C.[HH]. The first-order valence-corrected chi connectivity index (χ1v) is 5.81. The predicted molar refractivity (Wildman–Crippen MR) is 63.3 cm³/mol.